The lowest BCUT2D eigenvalue weighted by Gasteiger charge is -2.06. The molecule has 1 amide bonds. The SMILES string of the molecule is CCn1c(SCC(=O)Nc2nnc(C)s2)nnc1-c1csc(C)c1. The first-order valence-electron chi connectivity index (χ1n) is 7.28. The Morgan fingerprint density at radius 1 is 1.29 bits per heavy atom. The molecule has 24 heavy (non-hydrogen) atoms. The quantitative estimate of drug-likeness (QED) is 0.661. The van der Waals surface area contributed by atoms with E-state index in [9.17, 15) is 4.79 Å². The predicted octanol–water partition coefficient (Wildman–Crippen LogP) is 3.23. The molecule has 0 atom stereocenters. The zero-order chi connectivity index (χ0) is 17.1. The van der Waals surface area contributed by atoms with Crippen LogP contribution in [0.2, 0.25) is 0 Å². The molecule has 0 aliphatic rings. The highest BCUT2D eigenvalue weighted by molar-refractivity contribution is 7.99. The summed E-state index contributed by atoms with van der Waals surface area (Å²) in [5.74, 6) is 0.957. The summed E-state index contributed by atoms with van der Waals surface area (Å²) in [4.78, 5) is 13.3. The summed E-state index contributed by atoms with van der Waals surface area (Å²) in [5, 5.41) is 23.2. The van der Waals surface area contributed by atoms with E-state index in [1.165, 1.54) is 28.0 Å². The fourth-order valence-electron chi connectivity index (χ4n) is 2.09. The van der Waals surface area contributed by atoms with Crippen LogP contribution in [0.15, 0.2) is 16.6 Å². The largest absolute Gasteiger partial charge is 0.302 e. The number of aryl methyl sites for hydroxylation is 2. The first-order chi connectivity index (χ1) is 11.6. The van der Waals surface area contributed by atoms with Gasteiger partial charge in [0.05, 0.1) is 5.75 Å². The number of thioether (sulfide) groups is 1. The minimum atomic E-state index is -0.130. The standard InChI is InChI=1S/C14H16N6OS3/c1-4-20-12(10-5-8(2)22-6-10)17-19-14(20)23-7-11(21)15-13-18-16-9(3)24-13/h5-6H,4,7H2,1-3H3,(H,15,18,21). The molecule has 3 aromatic rings. The molecule has 0 aliphatic heterocycles. The molecule has 0 unspecified atom stereocenters. The lowest BCUT2D eigenvalue weighted by atomic mass is 10.3. The lowest BCUT2D eigenvalue weighted by Crippen LogP contribution is -2.14. The van der Waals surface area contributed by atoms with Crippen molar-refractivity contribution in [1.29, 1.82) is 0 Å². The Morgan fingerprint density at radius 3 is 2.75 bits per heavy atom. The van der Waals surface area contributed by atoms with Gasteiger partial charge in [-0.05, 0) is 26.8 Å². The number of thiophene rings is 1. The number of aromatic nitrogens is 5. The smallest absolute Gasteiger partial charge is 0.236 e. The van der Waals surface area contributed by atoms with Crippen molar-refractivity contribution >= 4 is 45.5 Å². The summed E-state index contributed by atoms with van der Waals surface area (Å²) in [7, 11) is 0. The van der Waals surface area contributed by atoms with Gasteiger partial charge >= 0.3 is 0 Å². The van der Waals surface area contributed by atoms with Crippen LogP contribution >= 0.6 is 34.4 Å². The van der Waals surface area contributed by atoms with Crippen LogP contribution < -0.4 is 5.32 Å². The van der Waals surface area contributed by atoms with Gasteiger partial charge in [-0.15, -0.1) is 31.7 Å². The van der Waals surface area contributed by atoms with Gasteiger partial charge in [0.2, 0.25) is 11.0 Å². The van der Waals surface area contributed by atoms with Gasteiger partial charge in [-0.1, -0.05) is 23.1 Å². The second kappa shape index (κ2) is 7.41. The maximum absolute atomic E-state index is 12.0. The molecule has 0 aliphatic carbocycles. The van der Waals surface area contributed by atoms with Crippen molar-refractivity contribution in [3.8, 4) is 11.4 Å². The van der Waals surface area contributed by atoms with Gasteiger partial charge in [-0.2, -0.15) is 0 Å². The van der Waals surface area contributed by atoms with Crippen molar-refractivity contribution in [2.24, 2.45) is 0 Å². The molecule has 10 heteroatoms. The molecule has 126 valence electrons. The van der Waals surface area contributed by atoms with E-state index in [4.69, 9.17) is 0 Å². The number of nitrogens with one attached hydrogen (secondary N) is 1. The third-order valence-electron chi connectivity index (χ3n) is 3.13. The third kappa shape index (κ3) is 3.82. The van der Waals surface area contributed by atoms with E-state index < -0.39 is 0 Å². The van der Waals surface area contributed by atoms with Crippen LogP contribution in [0.3, 0.4) is 0 Å². The number of anilines is 1. The molecule has 0 bridgehead atoms. The Hall–Kier alpha value is -1.78. The first kappa shape index (κ1) is 17.1. The van der Waals surface area contributed by atoms with Crippen LogP contribution in [-0.2, 0) is 11.3 Å². The minimum absolute atomic E-state index is 0.130. The molecule has 0 spiro atoms. The normalized spacial score (nSPS) is 11.0. The molecule has 3 rings (SSSR count). The molecule has 0 fully saturated rings. The molecule has 0 aromatic carbocycles. The summed E-state index contributed by atoms with van der Waals surface area (Å²) in [6, 6.07) is 2.10. The molecular formula is C14H16N6OS3. The second-order valence-corrected chi connectivity index (χ2v) is 8.20. The van der Waals surface area contributed by atoms with E-state index in [2.05, 4.69) is 44.1 Å². The molecule has 1 N–H and O–H groups in total. The Bertz CT molecular complexity index is 852. The Morgan fingerprint density at radius 2 is 2.12 bits per heavy atom. The number of carbonyl (C=O) groups excluding carboxylic acids is 1. The van der Waals surface area contributed by atoms with E-state index in [-0.39, 0.29) is 11.7 Å². The number of nitrogens with zero attached hydrogens (tertiary/aromatic N) is 5. The molecule has 0 radical (unpaired) electrons. The average molecular weight is 381 g/mol. The molecular weight excluding hydrogens is 364 g/mol. The minimum Gasteiger partial charge on any atom is -0.302 e. The Balaban J connectivity index is 1.67. The van der Waals surface area contributed by atoms with Gasteiger partial charge in [-0.25, -0.2) is 0 Å². The molecule has 3 aromatic heterocycles. The predicted molar refractivity (Wildman–Crippen MR) is 97.7 cm³/mol. The van der Waals surface area contributed by atoms with E-state index in [1.54, 1.807) is 11.3 Å². The van der Waals surface area contributed by atoms with Gasteiger partial charge in [0.25, 0.3) is 0 Å². The number of hydrogen-bond acceptors (Lipinski definition) is 8. The molecule has 0 saturated heterocycles. The molecule has 0 saturated carbocycles. The van der Waals surface area contributed by atoms with E-state index in [0.29, 0.717) is 5.13 Å². The third-order valence-corrected chi connectivity index (χ3v) is 5.71. The van der Waals surface area contributed by atoms with E-state index in [1.807, 2.05) is 18.4 Å². The first-order valence-corrected chi connectivity index (χ1v) is 9.96. The van der Waals surface area contributed by atoms with Crippen molar-refractivity contribution < 1.29 is 4.79 Å². The highest BCUT2D eigenvalue weighted by Crippen LogP contribution is 2.27. The van der Waals surface area contributed by atoms with Crippen LogP contribution in [0, 0.1) is 13.8 Å². The maximum Gasteiger partial charge on any atom is 0.236 e. The summed E-state index contributed by atoms with van der Waals surface area (Å²) >= 11 is 4.40. The van der Waals surface area contributed by atoms with Crippen LogP contribution in [0.4, 0.5) is 5.13 Å². The van der Waals surface area contributed by atoms with E-state index >= 15 is 0 Å². The number of rotatable bonds is 6. The summed E-state index contributed by atoms with van der Waals surface area (Å²) in [6.45, 7) is 6.70. The maximum atomic E-state index is 12.0. The van der Waals surface area contributed by atoms with Gasteiger partial charge in [-0.3, -0.25) is 10.1 Å². The summed E-state index contributed by atoms with van der Waals surface area (Å²) in [5.41, 5.74) is 1.06. The van der Waals surface area contributed by atoms with Gasteiger partial charge in [0, 0.05) is 22.4 Å². The van der Waals surface area contributed by atoms with Crippen molar-refractivity contribution in [2.45, 2.75) is 32.5 Å². The second-order valence-electron chi connectivity index (χ2n) is 4.96. The summed E-state index contributed by atoms with van der Waals surface area (Å²) in [6.07, 6.45) is 0. The van der Waals surface area contributed by atoms with Crippen molar-refractivity contribution in [2.75, 3.05) is 11.1 Å². The van der Waals surface area contributed by atoms with Crippen molar-refractivity contribution in [1.82, 2.24) is 25.0 Å². The van der Waals surface area contributed by atoms with Gasteiger partial charge in [0.15, 0.2) is 11.0 Å². The van der Waals surface area contributed by atoms with Crippen LogP contribution in [-0.4, -0.2) is 36.6 Å². The van der Waals surface area contributed by atoms with Crippen LogP contribution in [0.5, 0.6) is 0 Å². The topological polar surface area (TPSA) is 85.6 Å². The highest BCUT2D eigenvalue weighted by Gasteiger charge is 2.16. The zero-order valence-corrected chi connectivity index (χ0v) is 15.9. The Kier molecular flexibility index (Phi) is 5.27. The number of hydrogen-bond donors (Lipinski definition) is 1. The lowest BCUT2D eigenvalue weighted by molar-refractivity contribution is -0.113. The highest BCUT2D eigenvalue weighted by atomic mass is 32.2. The van der Waals surface area contributed by atoms with Crippen molar-refractivity contribution in [3.63, 3.8) is 0 Å². The molecule has 3 heterocycles. The van der Waals surface area contributed by atoms with Crippen LogP contribution in [0.25, 0.3) is 11.4 Å². The Labute approximate surface area is 151 Å². The fraction of sp³-hybridized carbons (Fsp3) is 0.357. The van der Waals surface area contributed by atoms with Gasteiger partial charge in [0.1, 0.15) is 5.01 Å². The van der Waals surface area contributed by atoms with Gasteiger partial charge < -0.3 is 4.57 Å². The average Bonchev–Trinajstić information content (AvgIpc) is 3.25. The zero-order valence-electron chi connectivity index (χ0n) is 13.4. The number of amides is 1. The number of carbonyl (C=O) groups is 1. The van der Waals surface area contributed by atoms with Crippen LogP contribution in [0.1, 0.15) is 16.8 Å². The molecule has 7 nitrogen and oxygen atoms in total. The van der Waals surface area contributed by atoms with E-state index in [0.717, 1.165) is 28.1 Å². The van der Waals surface area contributed by atoms with Crippen molar-refractivity contribution in [3.05, 3.63) is 21.3 Å². The fourth-order valence-corrected chi connectivity index (χ4v) is 4.18. The summed E-state index contributed by atoms with van der Waals surface area (Å²) < 4.78 is 2.02. The monoisotopic (exact) mass is 380 g/mol.